The lowest BCUT2D eigenvalue weighted by Gasteiger charge is -2.31. The molecule has 1 aromatic heterocycles. The van der Waals surface area contributed by atoms with Gasteiger partial charge in [-0.05, 0) is 25.8 Å². The molecule has 6 nitrogen and oxygen atoms in total. The molecule has 2 heterocycles. The monoisotopic (exact) mass is 249 g/mol. The van der Waals surface area contributed by atoms with Gasteiger partial charge in [0.25, 0.3) is 0 Å². The number of hydrogen-bond donors (Lipinski definition) is 2. The fourth-order valence-electron chi connectivity index (χ4n) is 2.11. The van der Waals surface area contributed by atoms with Crippen molar-refractivity contribution in [1.82, 2.24) is 9.97 Å². The Balaban J connectivity index is 2.01. The number of rotatable bonds is 4. The maximum Gasteiger partial charge on any atom is 0.225 e. The second-order valence-corrected chi connectivity index (χ2v) is 4.30. The fourth-order valence-corrected chi connectivity index (χ4v) is 2.11. The van der Waals surface area contributed by atoms with Crippen LogP contribution in [0.15, 0.2) is 12.3 Å². The van der Waals surface area contributed by atoms with E-state index in [2.05, 4.69) is 14.9 Å². The average molecular weight is 249 g/mol. The highest BCUT2D eigenvalue weighted by Crippen LogP contribution is 2.17. The molecule has 0 saturated carbocycles. The van der Waals surface area contributed by atoms with Gasteiger partial charge in [0, 0.05) is 25.9 Å². The van der Waals surface area contributed by atoms with Gasteiger partial charge in [-0.15, -0.1) is 0 Å². The first kappa shape index (κ1) is 12.8. The van der Waals surface area contributed by atoms with Crippen LogP contribution in [0.3, 0.4) is 0 Å². The zero-order valence-corrected chi connectivity index (χ0v) is 10.6. The Hall–Kier alpha value is -1.69. The average Bonchev–Trinajstić information content (AvgIpc) is 2.40. The van der Waals surface area contributed by atoms with Crippen LogP contribution >= 0.6 is 0 Å². The van der Waals surface area contributed by atoms with Crippen molar-refractivity contribution < 1.29 is 4.74 Å². The summed E-state index contributed by atoms with van der Waals surface area (Å²) >= 11 is 0. The minimum atomic E-state index is -0.0251. The number of piperidine rings is 1. The van der Waals surface area contributed by atoms with E-state index in [-0.39, 0.29) is 5.84 Å². The van der Waals surface area contributed by atoms with E-state index in [9.17, 15) is 0 Å². The third-order valence-electron chi connectivity index (χ3n) is 3.05. The summed E-state index contributed by atoms with van der Waals surface area (Å²) in [4.78, 5) is 10.6. The van der Waals surface area contributed by atoms with Crippen LogP contribution in [0, 0.1) is 5.41 Å². The molecule has 1 aliphatic rings. The molecule has 0 unspecified atom stereocenters. The smallest absolute Gasteiger partial charge is 0.225 e. The molecule has 98 valence electrons. The molecule has 6 heteroatoms. The van der Waals surface area contributed by atoms with Crippen molar-refractivity contribution in [3.8, 4) is 0 Å². The number of nitrogens with zero attached hydrogens (tertiary/aromatic N) is 3. The lowest BCUT2D eigenvalue weighted by molar-refractivity contribution is 0.0457. The van der Waals surface area contributed by atoms with E-state index in [4.69, 9.17) is 15.9 Å². The first-order valence-corrected chi connectivity index (χ1v) is 6.24. The summed E-state index contributed by atoms with van der Waals surface area (Å²) in [7, 11) is 0. The molecule has 2 rings (SSSR count). The molecule has 0 bridgehead atoms. The number of nitrogens with two attached hydrogens (primary N) is 1. The highest BCUT2D eigenvalue weighted by Gasteiger charge is 2.21. The molecule has 3 N–H and O–H groups in total. The van der Waals surface area contributed by atoms with Crippen molar-refractivity contribution >= 4 is 11.8 Å². The molecule has 0 aliphatic carbocycles. The topological polar surface area (TPSA) is 88.1 Å². The first-order chi connectivity index (χ1) is 8.70. The number of ether oxygens (including phenoxy) is 1. The SMILES string of the molecule is CCOC1CCN(c2nccc(C(=N)N)n2)CC1. The van der Waals surface area contributed by atoms with E-state index in [0.29, 0.717) is 17.7 Å². The lowest BCUT2D eigenvalue weighted by Crippen LogP contribution is -2.38. The Bertz CT molecular complexity index is 415. The van der Waals surface area contributed by atoms with Crippen LogP contribution in [0.2, 0.25) is 0 Å². The number of nitrogen functional groups attached to an aromatic ring is 1. The summed E-state index contributed by atoms with van der Waals surface area (Å²) in [5, 5.41) is 7.38. The quantitative estimate of drug-likeness (QED) is 0.607. The molecular formula is C12H19N5O. The predicted octanol–water partition coefficient (Wildman–Crippen LogP) is 0.766. The van der Waals surface area contributed by atoms with Crippen LogP contribution in [0.25, 0.3) is 0 Å². The fraction of sp³-hybridized carbons (Fsp3) is 0.583. The van der Waals surface area contributed by atoms with Crippen LogP contribution in [0.4, 0.5) is 5.95 Å². The summed E-state index contributed by atoms with van der Waals surface area (Å²) in [5.41, 5.74) is 5.91. The first-order valence-electron chi connectivity index (χ1n) is 6.24. The lowest BCUT2D eigenvalue weighted by atomic mass is 10.1. The molecule has 0 spiro atoms. The van der Waals surface area contributed by atoms with E-state index in [1.165, 1.54) is 0 Å². The van der Waals surface area contributed by atoms with Crippen LogP contribution < -0.4 is 10.6 Å². The van der Waals surface area contributed by atoms with Gasteiger partial charge >= 0.3 is 0 Å². The second-order valence-electron chi connectivity index (χ2n) is 4.30. The van der Waals surface area contributed by atoms with E-state index in [0.717, 1.165) is 32.5 Å². The summed E-state index contributed by atoms with van der Waals surface area (Å²) in [5.74, 6) is 0.625. The van der Waals surface area contributed by atoms with Crippen LogP contribution in [0.5, 0.6) is 0 Å². The van der Waals surface area contributed by atoms with Gasteiger partial charge in [-0.3, -0.25) is 5.41 Å². The van der Waals surface area contributed by atoms with E-state index in [1.54, 1.807) is 12.3 Å². The number of nitrogens with one attached hydrogen (secondary N) is 1. The van der Waals surface area contributed by atoms with Crippen LogP contribution in [-0.4, -0.2) is 41.6 Å². The van der Waals surface area contributed by atoms with Crippen molar-refractivity contribution in [2.75, 3.05) is 24.6 Å². The van der Waals surface area contributed by atoms with Gasteiger partial charge in [0.1, 0.15) is 11.5 Å². The zero-order chi connectivity index (χ0) is 13.0. The van der Waals surface area contributed by atoms with Gasteiger partial charge in [-0.25, -0.2) is 9.97 Å². The molecular weight excluding hydrogens is 230 g/mol. The van der Waals surface area contributed by atoms with Gasteiger partial charge in [-0.1, -0.05) is 0 Å². The van der Waals surface area contributed by atoms with Gasteiger partial charge in [0.2, 0.25) is 5.95 Å². The zero-order valence-electron chi connectivity index (χ0n) is 10.6. The second kappa shape index (κ2) is 5.77. The van der Waals surface area contributed by atoms with Crippen molar-refractivity contribution in [3.63, 3.8) is 0 Å². The number of anilines is 1. The molecule has 0 aromatic carbocycles. The minimum absolute atomic E-state index is 0.0251. The normalized spacial score (nSPS) is 16.8. The van der Waals surface area contributed by atoms with Gasteiger partial charge in [-0.2, -0.15) is 0 Å². The third kappa shape index (κ3) is 2.95. The summed E-state index contributed by atoms with van der Waals surface area (Å²) in [6.45, 7) is 4.55. The van der Waals surface area contributed by atoms with E-state index >= 15 is 0 Å². The Labute approximate surface area is 107 Å². The minimum Gasteiger partial charge on any atom is -0.382 e. The Morgan fingerprint density at radius 1 is 1.56 bits per heavy atom. The molecule has 18 heavy (non-hydrogen) atoms. The molecule has 0 amide bonds. The summed E-state index contributed by atoms with van der Waals surface area (Å²) in [6, 6.07) is 1.65. The molecule has 1 aliphatic heterocycles. The summed E-state index contributed by atoms with van der Waals surface area (Å²) in [6.07, 6.45) is 3.97. The maximum absolute atomic E-state index is 7.38. The predicted molar refractivity (Wildman–Crippen MR) is 69.9 cm³/mol. The number of amidine groups is 1. The van der Waals surface area contributed by atoms with Crippen molar-refractivity contribution in [1.29, 1.82) is 5.41 Å². The van der Waals surface area contributed by atoms with Gasteiger partial charge in [0.15, 0.2) is 0 Å². The van der Waals surface area contributed by atoms with Crippen LogP contribution in [-0.2, 0) is 4.74 Å². The van der Waals surface area contributed by atoms with Crippen LogP contribution in [0.1, 0.15) is 25.5 Å². The maximum atomic E-state index is 7.38. The Kier molecular flexibility index (Phi) is 4.09. The van der Waals surface area contributed by atoms with Crippen molar-refractivity contribution in [2.45, 2.75) is 25.9 Å². The van der Waals surface area contributed by atoms with E-state index < -0.39 is 0 Å². The Morgan fingerprint density at radius 2 is 2.28 bits per heavy atom. The van der Waals surface area contributed by atoms with E-state index in [1.807, 2.05) is 6.92 Å². The largest absolute Gasteiger partial charge is 0.382 e. The summed E-state index contributed by atoms with van der Waals surface area (Å²) < 4.78 is 5.61. The van der Waals surface area contributed by atoms with Crippen molar-refractivity contribution in [2.24, 2.45) is 5.73 Å². The van der Waals surface area contributed by atoms with Crippen molar-refractivity contribution in [3.05, 3.63) is 18.0 Å². The number of hydrogen-bond acceptors (Lipinski definition) is 5. The Morgan fingerprint density at radius 3 is 2.89 bits per heavy atom. The van der Waals surface area contributed by atoms with Gasteiger partial charge in [0.05, 0.1) is 6.10 Å². The third-order valence-corrected chi connectivity index (χ3v) is 3.05. The highest BCUT2D eigenvalue weighted by atomic mass is 16.5. The molecule has 0 radical (unpaired) electrons. The van der Waals surface area contributed by atoms with Gasteiger partial charge < -0.3 is 15.4 Å². The molecule has 1 saturated heterocycles. The molecule has 1 aromatic rings. The molecule has 0 atom stereocenters. The highest BCUT2D eigenvalue weighted by molar-refractivity contribution is 5.93. The standard InChI is InChI=1S/C12H19N5O/c1-2-18-9-4-7-17(8-5-9)12-15-6-3-10(16-12)11(13)14/h3,6,9H,2,4-5,7-8H2,1H3,(H3,13,14). The molecule has 1 fully saturated rings. The number of aromatic nitrogens is 2.